The first-order valence-corrected chi connectivity index (χ1v) is 6.27. The van der Waals surface area contributed by atoms with E-state index in [4.69, 9.17) is 10.2 Å². The predicted molar refractivity (Wildman–Crippen MR) is 75.8 cm³/mol. The van der Waals surface area contributed by atoms with Crippen LogP contribution in [0, 0.1) is 0 Å². The molecule has 0 heterocycles. The van der Waals surface area contributed by atoms with Crippen molar-refractivity contribution in [2.75, 3.05) is 11.9 Å². The molecule has 0 aromatic heterocycles. The number of anilines is 1. The minimum atomic E-state index is -1.61. The maximum Gasteiger partial charge on any atom is 0.334 e. The number of aliphatic hydroxyl groups excluding tert-OH is 1. The van der Waals surface area contributed by atoms with E-state index >= 15 is 0 Å². The first-order chi connectivity index (χ1) is 9.21. The number of aliphatic carboxylic acids is 1. The third-order valence-electron chi connectivity index (χ3n) is 2.72. The lowest BCUT2D eigenvalue weighted by molar-refractivity contribution is -0.146. The number of carbonyl (C=O) groups is 2. The number of carboxylic acids is 1. The Hall–Kier alpha value is -2.08. The second-order valence-corrected chi connectivity index (χ2v) is 5.48. The zero-order valence-corrected chi connectivity index (χ0v) is 11.8. The van der Waals surface area contributed by atoms with E-state index in [-0.39, 0.29) is 12.0 Å². The molecular weight excluding hydrogens is 260 g/mol. The van der Waals surface area contributed by atoms with Gasteiger partial charge in [-0.2, -0.15) is 0 Å². The number of benzene rings is 1. The number of carbonyl (C=O) groups excluding carboxylic acids is 1. The van der Waals surface area contributed by atoms with Gasteiger partial charge in [-0.05, 0) is 17.0 Å². The molecule has 6 nitrogen and oxygen atoms in total. The molecule has 1 aromatic rings. The Morgan fingerprint density at radius 3 is 2.40 bits per heavy atom. The normalized spacial score (nSPS) is 12.6. The zero-order valence-electron chi connectivity index (χ0n) is 11.8. The molecule has 0 saturated heterocycles. The Bertz CT molecular complexity index is 494. The first-order valence-electron chi connectivity index (χ1n) is 6.27. The van der Waals surface area contributed by atoms with E-state index in [2.05, 4.69) is 10.6 Å². The number of carboxylic acid groups (broad SMARTS) is 1. The van der Waals surface area contributed by atoms with Crippen LogP contribution in [-0.4, -0.2) is 34.9 Å². The van der Waals surface area contributed by atoms with Gasteiger partial charge in [0.1, 0.15) is 0 Å². The van der Waals surface area contributed by atoms with Crippen molar-refractivity contribution in [3.63, 3.8) is 0 Å². The molecule has 1 rings (SSSR count). The van der Waals surface area contributed by atoms with Crippen molar-refractivity contribution in [2.45, 2.75) is 32.3 Å². The summed E-state index contributed by atoms with van der Waals surface area (Å²) in [5.41, 5.74) is 1.49. The molecule has 0 unspecified atom stereocenters. The Morgan fingerprint density at radius 1 is 1.25 bits per heavy atom. The van der Waals surface area contributed by atoms with Crippen LogP contribution in [0.5, 0.6) is 0 Å². The number of urea groups is 1. The van der Waals surface area contributed by atoms with Crippen LogP contribution in [0.2, 0.25) is 0 Å². The Morgan fingerprint density at radius 2 is 1.85 bits per heavy atom. The molecule has 0 aliphatic carbocycles. The van der Waals surface area contributed by atoms with Crippen molar-refractivity contribution >= 4 is 17.7 Å². The van der Waals surface area contributed by atoms with Crippen molar-refractivity contribution in [1.82, 2.24) is 5.32 Å². The van der Waals surface area contributed by atoms with Crippen LogP contribution in [-0.2, 0) is 10.2 Å². The number of hydrogen-bond donors (Lipinski definition) is 4. The number of nitrogens with one attached hydrogen (secondary N) is 2. The third-order valence-corrected chi connectivity index (χ3v) is 2.72. The fraction of sp³-hybridized carbons (Fsp3) is 0.429. The van der Waals surface area contributed by atoms with Crippen LogP contribution in [0.1, 0.15) is 26.3 Å². The smallest absolute Gasteiger partial charge is 0.334 e. The van der Waals surface area contributed by atoms with Gasteiger partial charge < -0.3 is 20.8 Å². The number of aliphatic hydroxyl groups is 1. The second kappa shape index (κ2) is 6.38. The van der Waals surface area contributed by atoms with Gasteiger partial charge in [0.15, 0.2) is 6.10 Å². The van der Waals surface area contributed by atoms with Crippen molar-refractivity contribution in [2.24, 2.45) is 0 Å². The van der Waals surface area contributed by atoms with Gasteiger partial charge in [-0.25, -0.2) is 9.59 Å². The highest BCUT2D eigenvalue weighted by Crippen LogP contribution is 2.28. The SMILES string of the molecule is CC(C)(C)c1ccccc1NC(=O)NC[C@H](O)C(=O)O. The summed E-state index contributed by atoms with van der Waals surface area (Å²) in [6, 6.07) is 6.83. The second-order valence-electron chi connectivity index (χ2n) is 5.48. The van der Waals surface area contributed by atoms with Gasteiger partial charge in [-0.3, -0.25) is 0 Å². The highest BCUT2D eigenvalue weighted by Gasteiger charge is 2.19. The highest BCUT2D eigenvalue weighted by atomic mass is 16.4. The maximum atomic E-state index is 11.7. The minimum absolute atomic E-state index is 0.134. The topological polar surface area (TPSA) is 98.7 Å². The number of rotatable bonds is 4. The van der Waals surface area contributed by atoms with E-state index in [1.165, 1.54) is 0 Å². The van der Waals surface area contributed by atoms with Gasteiger partial charge in [0.05, 0.1) is 6.54 Å². The molecule has 0 radical (unpaired) electrons. The molecule has 0 aliphatic heterocycles. The van der Waals surface area contributed by atoms with Gasteiger partial charge in [-0.1, -0.05) is 39.0 Å². The summed E-state index contributed by atoms with van der Waals surface area (Å²) in [4.78, 5) is 22.1. The van der Waals surface area contributed by atoms with E-state index < -0.39 is 18.1 Å². The standard InChI is InChI=1S/C14H20N2O4/c1-14(2,3)9-6-4-5-7-10(9)16-13(20)15-8-11(17)12(18)19/h4-7,11,17H,8H2,1-3H3,(H,18,19)(H2,15,16,20)/t11-/m0/s1. The van der Waals surface area contributed by atoms with E-state index in [0.29, 0.717) is 5.69 Å². The lowest BCUT2D eigenvalue weighted by Crippen LogP contribution is -2.39. The molecule has 0 fully saturated rings. The largest absolute Gasteiger partial charge is 0.479 e. The Labute approximate surface area is 117 Å². The summed E-state index contributed by atoms with van der Waals surface area (Å²) in [6.45, 7) is 5.73. The summed E-state index contributed by atoms with van der Waals surface area (Å²) in [5, 5.41) is 22.6. The van der Waals surface area contributed by atoms with Crippen LogP contribution < -0.4 is 10.6 Å². The predicted octanol–water partition coefficient (Wildman–Crippen LogP) is 1.55. The van der Waals surface area contributed by atoms with Crippen LogP contribution in [0.25, 0.3) is 0 Å². The van der Waals surface area contributed by atoms with Crippen molar-refractivity contribution in [3.8, 4) is 0 Å². The van der Waals surface area contributed by atoms with Gasteiger partial charge in [0, 0.05) is 5.69 Å². The molecule has 0 aliphatic rings. The Balaban J connectivity index is 2.70. The molecular formula is C14H20N2O4. The molecule has 0 bridgehead atoms. The average molecular weight is 280 g/mol. The summed E-state index contributed by atoms with van der Waals surface area (Å²) in [7, 11) is 0. The molecule has 0 spiro atoms. The summed E-state index contributed by atoms with van der Waals surface area (Å²) >= 11 is 0. The lowest BCUT2D eigenvalue weighted by Gasteiger charge is -2.23. The van der Waals surface area contributed by atoms with Gasteiger partial charge in [0.25, 0.3) is 0 Å². The summed E-state index contributed by atoms with van der Waals surface area (Å²) in [6.07, 6.45) is -1.61. The highest BCUT2D eigenvalue weighted by molar-refractivity contribution is 5.90. The molecule has 0 saturated carbocycles. The molecule has 4 N–H and O–H groups in total. The number of hydrogen-bond acceptors (Lipinski definition) is 3. The number of amides is 2. The van der Waals surface area contributed by atoms with Crippen molar-refractivity contribution < 1.29 is 19.8 Å². The van der Waals surface area contributed by atoms with Crippen molar-refractivity contribution in [1.29, 1.82) is 0 Å². The van der Waals surface area contributed by atoms with Crippen LogP contribution >= 0.6 is 0 Å². The molecule has 1 aromatic carbocycles. The molecule has 110 valence electrons. The van der Waals surface area contributed by atoms with Crippen LogP contribution in [0.15, 0.2) is 24.3 Å². The van der Waals surface area contributed by atoms with E-state index in [1.54, 1.807) is 12.1 Å². The van der Waals surface area contributed by atoms with Crippen LogP contribution in [0.4, 0.5) is 10.5 Å². The van der Waals surface area contributed by atoms with Crippen LogP contribution in [0.3, 0.4) is 0 Å². The Kier molecular flexibility index (Phi) is 5.10. The van der Waals surface area contributed by atoms with Gasteiger partial charge in [0.2, 0.25) is 0 Å². The summed E-state index contributed by atoms with van der Waals surface area (Å²) in [5.74, 6) is -1.37. The fourth-order valence-corrected chi connectivity index (χ4v) is 1.69. The van der Waals surface area contributed by atoms with Gasteiger partial charge in [-0.15, -0.1) is 0 Å². The van der Waals surface area contributed by atoms with E-state index in [0.717, 1.165) is 5.56 Å². The first kappa shape index (κ1) is 16.0. The van der Waals surface area contributed by atoms with Crippen molar-refractivity contribution in [3.05, 3.63) is 29.8 Å². The van der Waals surface area contributed by atoms with E-state index in [9.17, 15) is 9.59 Å². The zero-order chi connectivity index (χ0) is 15.3. The van der Waals surface area contributed by atoms with Gasteiger partial charge >= 0.3 is 12.0 Å². The third kappa shape index (κ3) is 4.55. The quantitative estimate of drug-likeness (QED) is 0.672. The fourth-order valence-electron chi connectivity index (χ4n) is 1.69. The minimum Gasteiger partial charge on any atom is -0.479 e. The maximum absolute atomic E-state index is 11.7. The molecule has 20 heavy (non-hydrogen) atoms. The molecule has 2 amide bonds. The summed E-state index contributed by atoms with van der Waals surface area (Å²) < 4.78 is 0. The lowest BCUT2D eigenvalue weighted by atomic mass is 9.86. The molecule has 6 heteroatoms. The van der Waals surface area contributed by atoms with E-state index in [1.807, 2.05) is 32.9 Å². The monoisotopic (exact) mass is 280 g/mol. The average Bonchev–Trinajstić information content (AvgIpc) is 2.35. The number of para-hydroxylation sites is 1. The molecule has 1 atom stereocenters.